The van der Waals surface area contributed by atoms with E-state index in [0.717, 1.165) is 0 Å². The Bertz CT molecular complexity index is 370. The molecular weight excluding hydrogens is 263 g/mol. The second-order valence-electron chi connectivity index (χ2n) is 3.25. The van der Waals surface area contributed by atoms with Crippen LogP contribution in [0.2, 0.25) is 0 Å². The Morgan fingerprint density at radius 2 is 2.33 bits per heavy atom. The minimum atomic E-state index is -0.409. The highest BCUT2D eigenvalue weighted by Gasteiger charge is 2.11. The van der Waals surface area contributed by atoms with Crippen LogP contribution in [0.1, 0.15) is 6.92 Å². The van der Waals surface area contributed by atoms with Gasteiger partial charge in [-0.2, -0.15) is 0 Å². The molecule has 1 unspecified atom stereocenters. The maximum atomic E-state index is 13.1. The number of carbonyl (C=O) groups is 1. The number of amides is 1. The monoisotopic (exact) mass is 274 g/mol. The van der Waals surface area contributed by atoms with Crippen LogP contribution in [0.5, 0.6) is 0 Å². The SMILES string of the molecule is CC(CN)C(=O)Nc1ccc(Br)c(F)c1. The van der Waals surface area contributed by atoms with Gasteiger partial charge >= 0.3 is 0 Å². The van der Waals surface area contributed by atoms with Gasteiger partial charge in [0.1, 0.15) is 5.82 Å². The van der Waals surface area contributed by atoms with Gasteiger partial charge in [-0.25, -0.2) is 4.39 Å². The molecule has 3 nitrogen and oxygen atoms in total. The van der Waals surface area contributed by atoms with E-state index in [4.69, 9.17) is 5.73 Å². The van der Waals surface area contributed by atoms with Gasteiger partial charge in [-0.1, -0.05) is 6.92 Å². The Labute approximate surface area is 96.0 Å². The van der Waals surface area contributed by atoms with Crippen molar-refractivity contribution in [1.29, 1.82) is 0 Å². The molecule has 0 fully saturated rings. The van der Waals surface area contributed by atoms with Gasteiger partial charge in [0.05, 0.1) is 4.47 Å². The van der Waals surface area contributed by atoms with Crippen LogP contribution in [0.25, 0.3) is 0 Å². The zero-order valence-corrected chi connectivity index (χ0v) is 9.84. The lowest BCUT2D eigenvalue weighted by Gasteiger charge is -2.10. The van der Waals surface area contributed by atoms with Crippen molar-refractivity contribution < 1.29 is 9.18 Å². The molecule has 1 aromatic rings. The van der Waals surface area contributed by atoms with Gasteiger partial charge < -0.3 is 11.1 Å². The van der Waals surface area contributed by atoms with Crippen LogP contribution >= 0.6 is 15.9 Å². The number of carbonyl (C=O) groups excluding carboxylic acids is 1. The molecule has 0 aliphatic heterocycles. The smallest absolute Gasteiger partial charge is 0.228 e. The third kappa shape index (κ3) is 3.28. The molecule has 15 heavy (non-hydrogen) atoms. The average molecular weight is 275 g/mol. The van der Waals surface area contributed by atoms with Crippen LogP contribution in [0.15, 0.2) is 22.7 Å². The van der Waals surface area contributed by atoms with Crippen LogP contribution in [0, 0.1) is 11.7 Å². The van der Waals surface area contributed by atoms with Crippen LogP contribution in [0.4, 0.5) is 10.1 Å². The van der Waals surface area contributed by atoms with Crippen molar-refractivity contribution in [1.82, 2.24) is 0 Å². The summed E-state index contributed by atoms with van der Waals surface area (Å²) in [7, 11) is 0. The van der Waals surface area contributed by atoms with Crippen LogP contribution in [-0.2, 0) is 4.79 Å². The van der Waals surface area contributed by atoms with Gasteiger partial charge in [0.15, 0.2) is 0 Å². The molecule has 82 valence electrons. The van der Waals surface area contributed by atoms with E-state index in [1.807, 2.05) is 0 Å². The van der Waals surface area contributed by atoms with Crippen LogP contribution in [0.3, 0.4) is 0 Å². The molecule has 0 heterocycles. The topological polar surface area (TPSA) is 55.1 Å². The van der Waals surface area contributed by atoms with Crippen molar-refractivity contribution in [3.63, 3.8) is 0 Å². The summed E-state index contributed by atoms with van der Waals surface area (Å²) in [5.74, 6) is -0.899. The van der Waals surface area contributed by atoms with Gasteiger partial charge in [-0.3, -0.25) is 4.79 Å². The van der Waals surface area contributed by atoms with Gasteiger partial charge in [0.2, 0.25) is 5.91 Å². The largest absolute Gasteiger partial charge is 0.330 e. The minimum Gasteiger partial charge on any atom is -0.330 e. The van der Waals surface area contributed by atoms with Gasteiger partial charge in [0.25, 0.3) is 0 Å². The maximum absolute atomic E-state index is 13.1. The van der Waals surface area contributed by atoms with E-state index in [0.29, 0.717) is 10.2 Å². The molecule has 0 aliphatic carbocycles. The first-order valence-electron chi connectivity index (χ1n) is 4.50. The molecular formula is C10H12BrFN2O. The minimum absolute atomic E-state index is 0.209. The first-order valence-corrected chi connectivity index (χ1v) is 5.30. The summed E-state index contributed by atoms with van der Waals surface area (Å²) in [6.07, 6.45) is 0. The number of anilines is 1. The molecule has 0 spiro atoms. The number of benzene rings is 1. The molecule has 0 aliphatic rings. The number of rotatable bonds is 3. The van der Waals surface area contributed by atoms with E-state index in [-0.39, 0.29) is 18.4 Å². The van der Waals surface area contributed by atoms with Crippen molar-refractivity contribution in [2.75, 3.05) is 11.9 Å². The van der Waals surface area contributed by atoms with Crippen molar-refractivity contribution in [2.45, 2.75) is 6.92 Å². The number of halogens is 2. The van der Waals surface area contributed by atoms with Crippen molar-refractivity contribution >= 4 is 27.5 Å². The quantitative estimate of drug-likeness (QED) is 0.887. The van der Waals surface area contributed by atoms with Crippen molar-refractivity contribution in [2.24, 2.45) is 11.7 Å². The van der Waals surface area contributed by atoms with Crippen molar-refractivity contribution in [3.8, 4) is 0 Å². The highest BCUT2D eigenvalue weighted by molar-refractivity contribution is 9.10. The van der Waals surface area contributed by atoms with E-state index in [1.54, 1.807) is 13.0 Å². The molecule has 0 radical (unpaired) electrons. The first kappa shape index (κ1) is 12.1. The molecule has 1 amide bonds. The molecule has 0 bridgehead atoms. The van der Waals surface area contributed by atoms with Gasteiger partial charge in [0, 0.05) is 18.2 Å². The van der Waals surface area contributed by atoms with Crippen molar-refractivity contribution in [3.05, 3.63) is 28.5 Å². The van der Waals surface area contributed by atoms with E-state index in [2.05, 4.69) is 21.2 Å². The molecule has 3 N–H and O–H groups in total. The molecule has 1 aromatic carbocycles. The Kier molecular flexibility index (Phi) is 4.23. The summed E-state index contributed by atoms with van der Waals surface area (Å²) in [5.41, 5.74) is 5.77. The summed E-state index contributed by atoms with van der Waals surface area (Å²) >= 11 is 3.03. The van der Waals surface area contributed by atoms with Crippen LogP contribution < -0.4 is 11.1 Å². The average Bonchev–Trinajstić information content (AvgIpc) is 2.22. The third-order valence-electron chi connectivity index (χ3n) is 1.99. The number of hydrogen-bond acceptors (Lipinski definition) is 2. The summed E-state index contributed by atoms with van der Waals surface area (Å²) < 4.78 is 13.5. The maximum Gasteiger partial charge on any atom is 0.228 e. The van der Waals surface area contributed by atoms with E-state index in [1.165, 1.54) is 12.1 Å². The van der Waals surface area contributed by atoms with Gasteiger partial charge in [-0.05, 0) is 34.1 Å². The number of nitrogens with two attached hydrogens (primary N) is 1. The standard InChI is InChI=1S/C10H12BrFN2O/c1-6(5-13)10(15)14-7-2-3-8(11)9(12)4-7/h2-4,6H,5,13H2,1H3,(H,14,15). The normalized spacial score (nSPS) is 12.3. The predicted octanol–water partition coefficient (Wildman–Crippen LogP) is 2.12. The first-order chi connectivity index (χ1) is 7.04. The Morgan fingerprint density at radius 1 is 1.67 bits per heavy atom. The molecule has 1 rings (SSSR count). The number of hydrogen-bond donors (Lipinski definition) is 2. The van der Waals surface area contributed by atoms with E-state index in [9.17, 15) is 9.18 Å². The molecule has 0 saturated heterocycles. The summed E-state index contributed by atoms with van der Waals surface area (Å²) in [4.78, 5) is 11.4. The molecule has 5 heteroatoms. The zero-order valence-electron chi connectivity index (χ0n) is 8.26. The Balaban J connectivity index is 2.73. The fourth-order valence-electron chi connectivity index (χ4n) is 0.946. The van der Waals surface area contributed by atoms with E-state index >= 15 is 0 Å². The molecule has 0 saturated carbocycles. The highest BCUT2D eigenvalue weighted by Crippen LogP contribution is 2.19. The second kappa shape index (κ2) is 5.23. The lowest BCUT2D eigenvalue weighted by Crippen LogP contribution is -2.26. The van der Waals surface area contributed by atoms with E-state index < -0.39 is 5.82 Å². The Morgan fingerprint density at radius 3 is 2.87 bits per heavy atom. The third-order valence-corrected chi connectivity index (χ3v) is 2.63. The Hall–Kier alpha value is -0.940. The predicted molar refractivity (Wildman–Crippen MR) is 60.9 cm³/mol. The fraction of sp³-hybridized carbons (Fsp3) is 0.300. The lowest BCUT2D eigenvalue weighted by atomic mass is 10.1. The lowest BCUT2D eigenvalue weighted by molar-refractivity contribution is -0.119. The number of nitrogens with one attached hydrogen (secondary N) is 1. The second-order valence-corrected chi connectivity index (χ2v) is 4.11. The molecule has 0 aromatic heterocycles. The highest BCUT2D eigenvalue weighted by atomic mass is 79.9. The van der Waals surface area contributed by atoms with Crippen LogP contribution in [-0.4, -0.2) is 12.5 Å². The molecule has 1 atom stereocenters. The van der Waals surface area contributed by atoms with Gasteiger partial charge in [-0.15, -0.1) is 0 Å². The summed E-state index contributed by atoms with van der Waals surface area (Å²) in [5, 5.41) is 2.58. The zero-order chi connectivity index (χ0) is 11.4. The summed E-state index contributed by atoms with van der Waals surface area (Å²) in [6, 6.07) is 4.41. The summed E-state index contributed by atoms with van der Waals surface area (Å²) in [6.45, 7) is 1.98. The fourth-order valence-corrected chi connectivity index (χ4v) is 1.19.